The number of carbonyl (C=O) groups is 1. The molecule has 0 unspecified atom stereocenters. The van der Waals surface area contributed by atoms with Gasteiger partial charge in [-0.25, -0.2) is 0 Å². The van der Waals surface area contributed by atoms with E-state index in [0.29, 0.717) is 40.8 Å². The van der Waals surface area contributed by atoms with Gasteiger partial charge in [0.05, 0.1) is 10.2 Å². The van der Waals surface area contributed by atoms with E-state index in [2.05, 4.69) is 4.99 Å². The molecule has 0 bridgehead atoms. The number of hydrogen-bond acceptors (Lipinski definition) is 5. The van der Waals surface area contributed by atoms with Gasteiger partial charge in [0.2, 0.25) is 0 Å². The van der Waals surface area contributed by atoms with Gasteiger partial charge in [0.1, 0.15) is 24.7 Å². The lowest BCUT2D eigenvalue weighted by Gasteiger charge is -2.18. The van der Waals surface area contributed by atoms with Crippen molar-refractivity contribution in [2.45, 2.75) is 0 Å². The molecule has 0 saturated carbocycles. The molecule has 3 aromatic carbocycles. The van der Waals surface area contributed by atoms with Crippen LogP contribution in [0.25, 0.3) is 10.2 Å². The van der Waals surface area contributed by atoms with Crippen LogP contribution in [0, 0.1) is 0 Å². The average molecular weight is 418 g/mol. The van der Waals surface area contributed by atoms with E-state index < -0.39 is 0 Å². The summed E-state index contributed by atoms with van der Waals surface area (Å²) in [4.78, 5) is 17.8. The second-order valence-electron chi connectivity index (χ2n) is 6.77. The third-order valence-electron chi connectivity index (χ3n) is 4.73. The first-order valence-corrected chi connectivity index (χ1v) is 10.3. The first-order valence-electron chi connectivity index (χ1n) is 9.48. The zero-order chi connectivity index (χ0) is 20.5. The molecule has 0 spiro atoms. The number of rotatable bonds is 3. The predicted octanol–water partition coefficient (Wildman–Crippen LogP) is 4.54. The molecule has 4 aromatic rings. The number of benzene rings is 3. The molecule has 5 rings (SSSR count). The molecule has 1 amide bonds. The van der Waals surface area contributed by atoms with Crippen LogP contribution in [0.2, 0.25) is 0 Å². The number of amides is 1. The van der Waals surface area contributed by atoms with Crippen molar-refractivity contribution in [1.82, 2.24) is 4.57 Å². The summed E-state index contributed by atoms with van der Waals surface area (Å²) in [6, 6.07) is 20.3. The number of ether oxygens (including phenoxy) is 3. The molecule has 1 aliphatic heterocycles. The Morgan fingerprint density at radius 2 is 1.70 bits per heavy atom. The standard InChI is InChI=1S/C23H18N2O4S/c1-25-18-13-19-20(28-11-10-27-19)14-21(18)30-23(25)24-22(26)15-6-5-9-17(12-15)29-16-7-3-2-4-8-16/h2-9,12-14H,10-11H2,1H3. The molecule has 6 nitrogen and oxygen atoms in total. The van der Waals surface area contributed by atoms with Crippen molar-refractivity contribution in [3.05, 3.63) is 77.1 Å². The van der Waals surface area contributed by atoms with Gasteiger partial charge in [-0.2, -0.15) is 4.99 Å². The van der Waals surface area contributed by atoms with Crippen molar-refractivity contribution in [3.8, 4) is 23.0 Å². The average Bonchev–Trinajstić information content (AvgIpc) is 3.07. The number of hydrogen-bond donors (Lipinski definition) is 0. The van der Waals surface area contributed by atoms with Crippen LogP contribution in [-0.4, -0.2) is 23.7 Å². The van der Waals surface area contributed by atoms with Crippen molar-refractivity contribution in [3.63, 3.8) is 0 Å². The molecule has 150 valence electrons. The van der Waals surface area contributed by atoms with Crippen LogP contribution in [0.3, 0.4) is 0 Å². The van der Waals surface area contributed by atoms with Gasteiger partial charge in [0.25, 0.3) is 5.91 Å². The van der Waals surface area contributed by atoms with Crippen LogP contribution in [0.15, 0.2) is 71.7 Å². The zero-order valence-corrected chi connectivity index (χ0v) is 17.0. The van der Waals surface area contributed by atoms with E-state index in [1.165, 1.54) is 11.3 Å². The van der Waals surface area contributed by atoms with E-state index in [-0.39, 0.29) is 5.91 Å². The molecule has 7 heteroatoms. The van der Waals surface area contributed by atoms with Gasteiger partial charge < -0.3 is 18.8 Å². The Labute approximate surface area is 176 Å². The van der Waals surface area contributed by atoms with Gasteiger partial charge in [0.15, 0.2) is 16.3 Å². The van der Waals surface area contributed by atoms with Gasteiger partial charge in [0, 0.05) is 24.7 Å². The molecule has 1 aromatic heterocycles. The summed E-state index contributed by atoms with van der Waals surface area (Å²) in [6.45, 7) is 1.07. The molecular weight excluding hydrogens is 400 g/mol. The SMILES string of the molecule is Cn1c(=NC(=O)c2cccc(Oc3ccccc3)c2)sc2cc3c(cc21)OCCO3. The molecule has 1 aliphatic rings. The largest absolute Gasteiger partial charge is 0.486 e. The highest BCUT2D eigenvalue weighted by molar-refractivity contribution is 7.16. The van der Waals surface area contributed by atoms with E-state index in [4.69, 9.17) is 14.2 Å². The zero-order valence-electron chi connectivity index (χ0n) is 16.2. The Balaban J connectivity index is 1.47. The van der Waals surface area contributed by atoms with E-state index in [1.54, 1.807) is 18.2 Å². The topological polar surface area (TPSA) is 62.1 Å². The summed E-state index contributed by atoms with van der Waals surface area (Å²) in [5, 5.41) is 0. The fraction of sp³-hybridized carbons (Fsp3) is 0.130. The summed E-state index contributed by atoms with van der Waals surface area (Å²) in [6.07, 6.45) is 0. The lowest BCUT2D eigenvalue weighted by atomic mass is 10.2. The van der Waals surface area contributed by atoms with Crippen molar-refractivity contribution in [2.24, 2.45) is 12.0 Å². The number of aryl methyl sites for hydroxylation is 1. The third-order valence-corrected chi connectivity index (χ3v) is 5.83. The van der Waals surface area contributed by atoms with Gasteiger partial charge >= 0.3 is 0 Å². The van der Waals surface area contributed by atoms with Crippen LogP contribution in [-0.2, 0) is 7.05 Å². The van der Waals surface area contributed by atoms with E-state index in [1.807, 2.05) is 60.1 Å². The van der Waals surface area contributed by atoms with Crippen molar-refractivity contribution < 1.29 is 19.0 Å². The van der Waals surface area contributed by atoms with Gasteiger partial charge in [-0.15, -0.1) is 0 Å². The van der Waals surface area contributed by atoms with Crippen LogP contribution in [0.1, 0.15) is 10.4 Å². The quantitative estimate of drug-likeness (QED) is 0.490. The Hall–Kier alpha value is -3.58. The summed E-state index contributed by atoms with van der Waals surface area (Å²) >= 11 is 1.44. The Morgan fingerprint density at radius 3 is 2.50 bits per heavy atom. The predicted molar refractivity (Wildman–Crippen MR) is 115 cm³/mol. The van der Waals surface area contributed by atoms with E-state index in [9.17, 15) is 4.79 Å². The first-order chi connectivity index (χ1) is 14.7. The van der Waals surface area contributed by atoms with Crippen LogP contribution < -0.4 is 19.0 Å². The number of fused-ring (bicyclic) bond motifs is 2. The van der Waals surface area contributed by atoms with Crippen molar-refractivity contribution in [1.29, 1.82) is 0 Å². The molecular formula is C23H18N2O4S. The van der Waals surface area contributed by atoms with E-state index in [0.717, 1.165) is 16.0 Å². The number of thiazole rings is 1. The lowest BCUT2D eigenvalue weighted by molar-refractivity contribution is 0.0997. The molecule has 0 saturated heterocycles. The lowest BCUT2D eigenvalue weighted by Crippen LogP contribution is -2.15. The molecule has 0 aliphatic carbocycles. The monoisotopic (exact) mass is 418 g/mol. The molecule has 0 atom stereocenters. The summed E-state index contributed by atoms with van der Waals surface area (Å²) in [5.41, 5.74) is 1.41. The van der Waals surface area contributed by atoms with Crippen LogP contribution >= 0.6 is 11.3 Å². The first kappa shape index (κ1) is 18.4. The second kappa shape index (κ2) is 7.68. The maximum atomic E-state index is 12.8. The molecule has 0 N–H and O–H groups in total. The molecule has 0 radical (unpaired) electrons. The maximum Gasteiger partial charge on any atom is 0.279 e. The molecule has 30 heavy (non-hydrogen) atoms. The highest BCUT2D eigenvalue weighted by atomic mass is 32.1. The van der Waals surface area contributed by atoms with Gasteiger partial charge in [-0.3, -0.25) is 4.79 Å². The Kier molecular flexibility index (Phi) is 4.72. The van der Waals surface area contributed by atoms with Gasteiger partial charge in [-0.1, -0.05) is 35.6 Å². The molecule has 0 fully saturated rings. The van der Waals surface area contributed by atoms with E-state index >= 15 is 0 Å². The number of nitrogens with zero attached hydrogens (tertiary/aromatic N) is 2. The van der Waals surface area contributed by atoms with Crippen molar-refractivity contribution >= 4 is 27.5 Å². The smallest absolute Gasteiger partial charge is 0.279 e. The Morgan fingerprint density at radius 1 is 0.967 bits per heavy atom. The number of para-hydroxylation sites is 1. The van der Waals surface area contributed by atoms with Crippen LogP contribution in [0.4, 0.5) is 0 Å². The van der Waals surface area contributed by atoms with Crippen molar-refractivity contribution in [2.75, 3.05) is 13.2 Å². The number of aromatic nitrogens is 1. The Bertz CT molecular complexity index is 1310. The summed E-state index contributed by atoms with van der Waals surface area (Å²) in [7, 11) is 1.88. The third kappa shape index (κ3) is 3.55. The maximum absolute atomic E-state index is 12.8. The van der Waals surface area contributed by atoms with Gasteiger partial charge in [-0.05, 0) is 30.3 Å². The fourth-order valence-corrected chi connectivity index (χ4v) is 4.27. The normalized spacial score (nSPS) is 13.4. The molecule has 2 heterocycles. The highest BCUT2D eigenvalue weighted by Gasteiger charge is 2.16. The minimum Gasteiger partial charge on any atom is -0.486 e. The highest BCUT2D eigenvalue weighted by Crippen LogP contribution is 2.35. The minimum absolute atomic E-state index is 0.326. The summed E-state index contributed by atoms with van der Waals surface area (Å²) in [5.74, 6) is 2.41. The van der Waals surface area contributed by atoms with Crippen LogP contribution in [0.5, 0.6) is 23.0 Å². The minimum atomic E-state index is -0.326. The second-order valence-corrected chi connectivity index (χ2v) is 7.78. The fourth-order valence-electron chi connectivity index (χ4n) is 3.24. The number of carbonyl (C=O) groups excluding carboxylic acids is 1. The summed E-state index contributed by atoms with van der Waals surface area (Å²) < 4.78 is 20.0.